The number of nitrogens with zero attached hydrogens (tertiary/aromatic N) is 2. The molecule has 0 radical (unpaired) electrons. The Morgan fingerprint density at radius 3 is 2.39 bits per heavy atom. The van der Waals surface area contributed by atoms with Gasteiger partial charge in [-0.25, -0.2) is 4.98 Å². The Bertz CT molecular complexity index is 1150. The standard InChI is InChI=1S/C28H41N3O6Si/c1-17-26(33-15-19-13-11-10-12-14-19)31-25(30-18(2)32)21(29-17)23-24-22(36-28(6,7)37-24)20(35-23)16-34-38(8,9)27(3,4)5/h10-14,20,22-24H,15-16H2,1-9H3,(H,30,31,32)/t20-,22-,23+,24-/m1/s1. The second-order valence-electron chi connectivity index (χ2n) is 12.0. The molecule has 0 spiro atoms. The third-order valence-electron chi connectivity index (χ3n) is 7.40. The number of hydrogen-bond donors (Lipinski definition) is 1. The number of nitrogens with one attached hydrogen (secondary N) is 1. The Hall–Kier alpha value is -2.37. The number of carbonyl (C=O) groups excluding carboxylic acids is 1. The highest BCUT2D eigenvalue weighted by molar-refractivity contribution is 6.74. The maximum atomic E-state index is 12.1. The summed E-state index contributed by atoms with van der Waals surface area (Å²) in [5.74, 6) is -0.427. The van der Waals surface area contributed by atoms with Crippen molar-refractivity contribution in [2.75, 3.05) is 11.9 Å². The van der Waals surface area contributed by atoms with Crippen molar-refractivity contribution in [3.8, 4) is 5.88 Å². The van der Waals surface area contributed by atoms with E-state index >= 15 is 0 Å². The van der Waals surface area contributed by atoms with Gasteiger partial charge in [-0.3, -0.25) is 4.79 Å². The van der Waals surface area contributed by atoms with Gasteiger partial charge in [0.1, 0.15) is 36.7 Å². The van der Waals surface area contributed by atoms with Crippen LogP contribution in [0, 0.1) is 6.92 Å². The van der Waals surface area contributed by atoms with Gasteiger partial charge in [-0.2, -0.15) is 4.98 Å². The highest BCUT2D eigenvalue weighted by Crippen LogP contribution is 2.47. The van der Waals surface area contributed by atoms with Crippen LogP contribution in [0.15, 0.2) is 30.3 Å². The predicted octanol–water partition coefficient (Wildman–Crippen LogP) is 5.30. The van der Waals surface area contributed by atoms with Crippen molar-refractivity contribution in [3.05, 3.63) is 47.3 Å². The Morgan fingerprint density at radius 1 is 1.11 bits per heavy atom. The summed E-state index contributed by atoms with van der Waals surface area (Å²) in [6.07, 6.45) is -1.75. The van der Waals surface area contributed by atoms with Gasteiger partial charge in [0.15, 0.2) is 19.9 Å². The molecule has 1 aromatic heterocycles. The lowest BCUT2D eigenvalue weighted by atomic mass is 10.1. The Balaban J connectivity index is 1.62. The van der Waals surface area contributed by atoms with E-state index in [1.807, 2.05) is 51.1 Å². The summed E-state index contributed by atoms with van der Waals surface area (Å²) >= 11 is 0. The second kappa shape index (κ2) is 10.7. The molecule has 1 amide bonds. The maximum Gasteiger partial charge on any atom is 0.237 e. The molecule has 0 aliphatic carbocycles. The van der Waals surface area contributed by atoms with Crippen molar-refractivity contribution in [1.82, 2.24) is 9.97 Å². The number of aryl methyl sites for hydroxylation is 1. The van der Waals surface area contributed by atoms with Crippen LogP contribution in [0.1, 0.15) is 64.6 Å². The fourth-order valence-corrected chi connectivity index (χ4v) is 5.40. The topological polar surface area (TPSA) is 101 Å². The van der Waals surface area contributed by atoms with Gasteiger partial charge < -0.3 is 28.7 Å². The molecule has 9 nitrogen and oxygen atoms in total. The fourth-order valence-electron chi connectivity index (χ4n) is 4.38. The van der Waals surface area contributed by atoms with Crippen LogP contribution in [-0.2, 0) is 30.0 Å². The van der Waals surface area contributed by atoms with Gasteiger partial charge in [-0.15, -0.1) is 0 Å². The third kappa shape index (κ3) is 6.26. The fraction of sp³-hybridized carbons (Fsp3) is 0.607. The first-order chi connectivity index (χ1) is 17.7. The second-order valence-corrected chi connectivity index (χ2v) is 16.8. The van der Waals surface area contributed by atoms with E-state index < -0.39 is 26.3 Å². The van der Waals surface area contributed by atoms with E-state index in [-0.39, 0.29) is 29.0 Å². The van der Waals surface area contributed by atoms with Gasteiger partial charge in [0.05, 0.1) is 12.3 Å². The molecule has 1 N–H and O–H groups in total. The zero-order chi connectivity index (χ0) is 27.9. The van der Waals surface area contributed by atoms with Gasteiger partial charge in [0.25, 0.3) is 0 Å². The van der Waals surface area contributed by atoms with E-state index in [2.05, 4.69) is 44.2 Å². The molecule has 1 aromatic carbocycles. The monoisotopic (exact) mass is 543 g/mol. The summed E-state index contributed by atoms with van der Waals surface area (Å²) in [7, 11) is -2.02. The van der Waals surface area contributed by atoms with Gasteiger partial charge >= 0.3 is 0 Å². The zero-order valence-electron chi connectivity index (χ0n) is 24.0. The molecule has 3 heterocycles. The number of anilines is 1. The minimum atomic E-state index is -2.02. The molecule has 2 aliphatic heterocycles. The molecule has 2 saturated heterocycles. The minimum absolute atomic E-state index is 0.0630. The molecule has 208 valence electrons. The van der Waals surface area contributed by atoms with Crippen molar-refractivity contribution in [2.45, 2.75) is 103 Å². The highest BCUT2D eigenvalue weighted by Gasteiger charge is 2.57. The van der Waals surface area contributed by atoms with E-state index in [1.54, 1.807) is 0 Å². The predicted molar refractivity (Wildman–Crippen MR) is 146 cm³/mol. The van der Waals surface area contributed by atoms with E-state index in [9.17, 15) is 4.79 Å². The summed E-state index contributed by atoms with van der Waals surface area (Å²) in [5.41, 5.74) is 2.07. The number of rotatable bonds is 8. The van der Waals surface area contributed by atoms with Gasteiger partial charge in [-0.1, -0.05) is 51.1 Å². The number of benzene rings is 1. The molecule has 4 atom stereocenters. The molecule has 2 aliphatic rings. The van der Waals surface area contributed by atoms with Crippen LogP contribution in [0.3, 0.4) is 0 Å². The quantitative estimate of drug-likeness (QED) is 0.448. The summed E-state index contributed by atoms with van der Waals surface area (Å²) in [4.78, 5) is 21.6. The molecule has 0 bridgehead atoms. The number of ether oxygens (including phenoxy) is 4. The lowest BCUT2D eigenvalue weighted by Crippen LogP contribution is -2.44. The van der Waals surface area contributed by atoms with Crippen LogP contribution in [-0.4, -0.2) is 54.9 Å². The molecule has 4 rings (SSSR count). The molecule has 2 aromatic rings. The van der Waals surface area contributed by atoms with Crippen molar-refractivity contribution in [1.29, 1.82) is 0 Å². The van der Waals surface area contributed by atoms with Crippen LogP contribution in [0.4, 0.5) is 5.82 Å². The number of carbonyl (C=O) groups is 1. The summed E-state index contributed by atoms with van der Waals surface area (Å²) in [5, 5.41) is 2.88. The molecule has 38 heavy (non-hydrogen) atoms. The lowest BCUT2D eigenvalue weighted by molar-refractivity contribution is -0.191. The van der Waals surface area contributed by atoms with Crippen LogP contribution < -0.4 is 10.1 Å². The SMILES string of the molecule is CC(=O)Nc1nc(OCc2ccccc2)c(C)nc1[C@@H]1O[C@H](CO[Si](C)(C)C(C)(C)C)[C@H]2OC(C)(C)O[C@H]21. The highest BCUT2D eigenvalue weighted by atomic mass is 28.4. The van der Waals surface area contributed by atoms with Crippen molar-refractivity contribution >= 4 is 20.0 Å². The molecule has 2 fully saturated rings. The lowest BCUT2D eigenvalue weighted by Gasteiger charge is -2.37. The first-order valence-electron chi connectivity index (χ1n) is 13.1. The smallest absolute Gasteiger partial charge is 0.237 e. The average Bonchev–Trinajstić information content (AvgIpc) is 3.30. The van der Waals surface area contributed by atoms with Crippen LogP contribution in [0.2, 0.25) is 18.1 Å². The van der Waals surface area contributed by atoms with Gasteiger partial charge in [0, 0.05) is 6.92 Å². The molecular weight excluding hydrogens is 502 g/mol. The number of hydrogen-bond acceptors (Lipinski definition) is 8. The van der Waals surface area contributed by atoms with E-state index in [1.165, 1.54) is 6.92 Å². The number of fused-ring (bicyclic) bond motifs is 1. The summed E-state index contributed by atoms with van der Waals surface area (Å²) in [6.45, 7) is 18.8. The van der Waals surface area contributed by atoms with Crippen LogP contribution in [0.25, 0.3) is 0 Å². The van der Waals surface area contributed by atoms with Crippen molar-refractivity contribution in [2.24, 2.45) is 0 Å². The Morgan fingerprint density at radius 2 is 1.76 bits per heavy atom. The van der Waals surface area contributed by atoms with E-state index in [0.717, 1.165) is 5.56 Å². The van der Waals surface area contributed by atoms with E-state index in [0.29, 0.717) is 30.5 Å². The van der Waals surface area contributed by atoms with Gasteiger partial charge in [-0.05, 0) is 44.5 Å². The zero-order valence-corrected chi connectivity index (χ0v) is 25.0. The first kappa shape index (κ1) is 28.6. The molecule has 0 saturated carbocycles. The Labute approximate surface area is 226 Å². The van der Waals surface area contributed by atoms with Crippen molar-refractivity contribution < 1.29 is 28.2 Å². The number of amides is 1. The van der Waals surface area contributed by atoms with Crippen molar-refractivity contribution in [3.63, 3.8) is 0 Å². The van der Waals surface area contributed by atoms with Crippen LogP contribution in [0.5, 0.6) is 5.88 Å². The normalized spacial score (nSPS) is 24.8. The molecule has 10 heteroatoms. The van der Waals surface area contributed by atoms with E-state index in [4.69, 9.17) is 28.4 Å². The number of aromatic nitrogens is 2. The van der Waals surface area contributed by atoms with Gasteiger partial charge in [0.2, 0.25) is 11.8 Å². The summed E-state index contributed by atoms with van der Waals surface area (Å²) < 4.78 is 31.6. The minimum Gasteiger partial charge on any atom is -0.471 e. The molecular formula is C28H41N3O6Si. The maximum absolute atomic E-state index is 12.1. The molecule has 0 unspecified atom stereocenters. The Kier molecular flexibility index (Phi) is 8.03. The average molecular weight is 544 g/mol. The largest absolute Gasteiger partial charge is 0.471 e. The third-order valence-corrected chi connectivity index (χ3v) is 11.9. The van der Waals surface area contributed by atoms with Crippen LogP contribution >= 0.6 is 0 Å². The summed E-state index contributed by atoms with van der Waals surface area (Å²) in [6, 6.07) is 9.81. The first-order valence-corrected chi connectivity index (χ1v) is 16.1.